The number of carbonyl (C=O) groups excluding carboxylic acids is 1. The van der Waals surface area contributed by atoms with Crippen LogP contribution in [0.15, 0.2) is 46.9 Å². The van der Waals surface area contributed by atoms with Gasteiger partial charge in [-0.2, -0.15) is 0 Å². The average Bonchev–Trinajstić information content (AvgIpc) is 2.58. The number of amides is 1. The highest BCUT2D eigenvalue weighted by Gasteiger charge is 2.13. The van der Waals surface area contributed by atoms with Gasteiger partial charge in [-0.25, -0.2) is 4.79 Å². The van der Waals surface area contributed by atoms with Crippen LogP contribution in [0, 0.1) is 0 Å². The van der Waals surface area contributed by atoms with Crippen molar-refractivity contribution < 1.29 is 14.7 Å². The molecule has 6 heteroatoms. The number of nitrogens with two attached hydrogens (primary N) is 1. The molecule has 2 aromatic rings. The Hall–Kier alpha value is -2.18. The molecule has 0 fully saturated rings. The van der Waals surface area contributed by atoms with E-state index in [1.165, 1.54) is 17.7 Å². The zero-order valence-electron chi connectivity index (χ0n) is 14.1. The molecule has 0 saturated carbocycles. The Morgan fingerprint density at radius 2 is 1.64 bits per heavy atom. The van der Waals surface area contributed by atoms with Gasteiger partial charge in [0.25, 0.3) is 5.91 Å². The topological polar surface area (TPSA) is 92.4 Å². The van der Waals surface area contributed by atoms with Crippen molar-refractivity contribution in [3.05, 3.63) is 69.2 Å². The maximum absolute atomic E-state index is 12.3. The number of benzene rings is 2. The third kappa shape index (κ3) is 5.14. The van der Waals surface area contributed by atoms with Crippen LogP contribution in [0.25, 0.3) is 0 Å². The van der Waals surface area contributed by atoms with Crippen molar-refractivity contribution in [2.75, 3.05) is 6.54 Å². The molecule has 0 bridgehead atoms. The fourth-order valence-electron chi connectivity index (χ4n) is 2.39. The van der Waals surface area contributed by atoms with Gasteiger partial charge in [0, 0.05) is 22.6 Å². The number of aromatic carboxylic acids is 1. The molecular formula is C19H21BrN2O3. The smallest absolute Gasteiger partial charge is 0.335 e. The molecule has 5 nitrogen and oxygen atoms in total. The number of carboxylic acids is 1. The highest BCUT2D eigenvalue weighted by atomic mass is 79.9. The van der Waals surface area contributed by atoms with E-state index in [0.717, 1.165) is 5.56 Å². The van der Waals surface area contributed by atoms with Gasteiger partial charge in [0.1, 0.15) is 0 Å². The first-order valence-electron chi connectivity index (χ1n) is 7.95. The number of hydrogen-bond donors (Lipinski definition) is 3. The first-order valence-corrected chi connectivity index (χ1v) is 8.74. The van der Waals surface area contributed by atoms with Crippen LogP contribution in [0.1, 0.15) is 57.7 Å². The highest BCUT2D eigenvalue weighted by Crippen LogP contribution is 2.18. The number of carboxylic acid groups (broad SMARTS) is 1. The predicted octanol–water partition coefficient (Wildman–Crippen LogP) is 3.70. The second-order valence-corrected chi connectivity index (χ2v) is 7.09. The molecule has 2 rings (SSSR count). The summed E-state index contributed by atoms with van der Waals surface area (Å²) in [5, 5.41) is 11.8. The van der Waals surface area contributed by atoms with Crippen molar-refractivity contribution in [1.29, 1.82) is 0 Å². The quantitative estimate of drug-likeness (QED) is 0.683. The van der Waals surface area contributed by atoms with E-state index in [0.29, 0.717) is 10.4 Å². The Balaban J connectivity index is 2.03. The fraction of sp³-hybridized carbons (Fsp3) is 0.263. The Bertz CT molecular complexity index is 773. The lowest BCUT2D eigenvalue weighted by atomic mass is 9.99. The van der Waals surface area contributed by atoms with E-state index >= 15 is 0 Å². The van der Waals surface area contributed by atoms with Gasteiger partial charge in [-0.15, -0.1) is 0 Å². The molecule has 1 amide bonds. The van der Waals surface area contributed by atoms with E-state index in [1.807, 2.05) is 24.3 Å². The molecule has 132 valence electrons. The second-order valence-electron chi connectivity index (χ2n) is 6.17. The summed E-state index contributed by atoms with van der Waals surface area (Å²) < 4.78 is 0.533. The van der Waals surface area contributed by atoms with Crippen molar-refractivity contribution in [2.24, 2.45) is 5.73 Å². The highest BCUT2D eigenvalue weighted by molar-refractivity contribution is 9.10. The standard InChI is InChI=1S/C19H21BrN2O3/c1-11(2)12-3-5-13(6-4-12)17(21)10-22-18(23)14-7-15(19(24)25)9-16(20)8-14/h3-9,11,17H,10,21H2,1-2H3,(H,22,23)(H,24,25). The SMILES string of the molecule is CC(C)c1ccc(C(N)CNC(=O)c2cc(Br)cc(C(=O)O)c2)cc1. The Morgan fingerprint density at radius 1 is 1.08 bits per heavy atom. The predicted molar refractivity (Wildman–Crippen MR) is 101 cm³/mol. The molecule has 0 spiro atoms. The van der Waals surface area contributed by atoms with Gasteiger partial charge in [-0.3, -0.25) is 4.79 Å². The van der Waals surface area contributed by atoms with Crippen molar-refractivity contribution in [3.8, 4) is 0 Å². The fourth-order valence-corrected chi connectivity index (χ4v) is 2.89. The number of carbonyl (C=O) groups is 2. The van der Waals surface area contributed by atoms with Crippen LogP contribution >= 0.6 is 15.9 Å². The summed E-state index contributed by atoms with van der Waals surface area (Å²) in [7, 11) is 0. The van der Waals surface area contributed by atoms with Crippen LogP contribution < -0.4 is 11.1 Å². The summed E-state index contributed by atoms with van der Waals surface area (Å²) in [5.74, 6) is -1.000. The minimum Gasteiger partial charge on any atom is -0.478 e. The normalized spacial score (nSPS) is 12.0. The Morgan fingerprint density at radius 3 is 2.20 bits per heavy atom. The minimum atomic E-state index is -1.09. The Kier molecular flexibility index (Phi) is 6.33. The van der Waals surface area contributed by atoms with E-state index in [9.17, 15) is 9.59 Å². The largest absolute Gasteiger partial charge is 0.478 e. The van der Waals surface area contributed by atoms with E-state index in [4.69, 9.17) is 10.8 Å². The third-order valence-corrected chi connectivity index (χ3v) is 4.38. The van der Waals surface area contributed by atoms with Crippen molar-refractivity contribution in [3.63, 3.8) is 0 Å². The molecule has 4 N–H and O–H groups in total. The van der Waals surface area contributed by atoms with Crippen LogP contribution in [-0.4, -0.2) is 23.5 Å². The molecular weight excluding hydrogens is 384 g/mol. The molecule has 0 saturated heterocycles. The number of hydrogen-bond acceptors (Lipinski definition) is 3. The van der Waals surface area contributed by atoms with Crippen LogP contribution in [0.2, 0.25) is 0 Å². The Labute approximate surface area is 155 Å². The number of halogens is 1. The van der Waals surface area contributed by atoms with Crippen LogP contribution in [-0.2, 0) is 0 Å². The van der Waals surface area contributed by atoms with Crippen LogP contribution in [0.5, 0.6) is 0 Å². The number of rotatable bonds is 6. The lowest BCUT2D eigenvalue weighted by molar-refractivity contribution is 0.0697. The molecule has 25 heavy (non-hydrogen) atoms. The monoisotopic (exact) mass is 404 g/mol. The molecule has 1 unspecified atom stereocenters. The van der Waals surface area contributed by atoms with Crippen molar-refractivity contribution in [1.82, 2.24) is 5.32 Å². The summed E-state index contributed by atoms with van der Waals surface area (Å²) >= 11 is 3.22. The average molecular weight is 405 g/mol. The summed E-state index contributed by atoms with van der Waals surface area (Å²) in [6, 6.07) is 12.0. The molecule has 0 aliphatic heterocycles. The minimum absolute atomic E-state index is 0.0492. The molecule has 0 aromatic heterocycles. The summed E-state index contributed by atoms with van der Waals surface area (Å²) in [6.07, 6.45) is 0. The lowest BCUT2D eigenvalue weighted by Gasteiger charge is -2.15. The molecule has 0 radical (unpaired) electrons. The maximum atomic E-state index is 12.3. The maximum Gasteiger partial charge on any atom is 0.335 e. The third-order valence-electron chi connectivity index (χ3n) is 3.92. The molecule has 0 aliphatic rings. The van der Waals surface area contributed by atoms with Gasteiger partial charge in [0.2, 0.25) is 0 Å². The summed E-state index contributed by atoms with van der Waals surface area (Å²) in [4.78, 5) is 23.4. The van der Waals surface area contributed by atoms with E-state index in [1.54, 1.807) is 6.07 Å². The molecule has 1 atom stereocenters. The van der Waals surface area contributed by atoms with E-state index < -0.39 is 5.97 Å². The van der Waals surface area contributed by atoms with E-state index in [2.05, 4.69) is 35.1 Å². The number of nitrogens with one attached hydrogen (secondary N) is 1. The van der Waals surface area contributed by atoms with Gasteiger partial charge in [0.05, 0.1) is 5.56 Å². The van der Waals surface area contributed by atoms with E-state index in [-0.39, 0.29) is 29.6 Å². The van der Waals surface area contributed by atoms with Gasteiger partial charge < -0.3 is 16.2 Å². The first kappa shape index (κ1) is 19.1. The zero-order chi connectivity index (χ0) is 18.6. The molecule has 0 heterocycles. The van der Waals surface area contributed by atoms with Crippen LogP contribution in [0.4, 0.5) is 0 Å². The van der Waals surface area contributed by atoms with Gasteiger partial charge in [0.15, 0.2) is 0 Å². The molecule has 2 aromatic carbocycles. The first-order chi connectivity index (χ1) is 11.8. The van der Waals surface area contributed by atoms with Crippen molar-refractivity contribution in [2.45, 2.75) is 25.8 Å². The second kappa shape index (κ2) is 8.27. The summed E-state index contributed by atoms with van der Waals surface area (Å²) in [5.41, 5.74) is 8.63. The lowest BCUT2D eigenvalue weighted by Crippen LogP contribution is -2.32. The van der Waals surface area contributed by atoms with Crippen LogP contribution in [0.3, 0.4) is 0 Å². The van der Waals surface area contributed by atoms with Gasteiger partial charge >= 0.3 is 5.97 Å². The molecule has 0 aliphatic carbocycles. The van der Waals surface area contributed by atoms with Gasteiger partial charge in [-0.05, 0) is 35.2 Å². The zero-order valence-corrected chi connectivity index (χ0v) is 15.7. The summed E-state index contributed by atoms with van der Waals surface area (Å²) in [6.45, 7) is 4.51. The van der Waals surface area contributed by atoms with Gasteiger partial charge in [-0.1, -0.05) is 54.0 Å². The van der Waals surface area contributed by atoms with Crippen molar-refractivity contribution >= 4 is 27.8 Å².